The van der Waals surface area contributed by atoms with Gasteiger partial charge in [0.2, 0.25) is 0 Å². The second-order valence-corrected chi connectivity index (χ2v) is 4.22. The first-order chi connectivity index (χ1) is 4.93. The van der Waals surface area contributed by atoms with E-state index in [1.807, 2.05) is 13.8 Å². The van der Waals surface area contributed by atoms with E-state index >= 15 is 0 Å². The molecule has 1 rings (SSSR count). The summed E-state index contributed by atoms with van der Waals surface area (Å²) < 4.78 is 0. The molecule has 0 spiro atoms. The molecule has 0 radical (unpaired) electrons. The van der Waals surface area contributed by atoms with E-state index in [0.29, 0.717) is 11.8 Å². The summed E-state index contributed by atoms with van der Waals surface area (Å²) in [5, 5.41) is 9.74. The van der Waals surface area contributed by atoms with E-state index in [0.717, 1.165) is 6.42 Å². The molecule has 1 heteroatoms. The van der Waals surface area contributed by atoms with Crippen molar-refractivity contribution in [3.63, 3.8) is 0 Å². The standard InChI is InChI=1S/C10H18O/c1-7-5-6-9(8(7)2)10(3,4)11/h6-8,11H,5H2,1-4H3/t7-,8-/m0/s1. The fourth-order valence-electron chi connectivity index (χ4n) is 1.82. The van der Waals surface area contributed by atoms with Crippen molar-refractivity contribution in [3.8, 4) is 0 Å². The van der Waals surface area contributed by atoms with E-state index in [9.17, 15) is 5.11 Å². The quantitative estimate of drug-likeness (QED) is 0.575. The predicted octanol–water partition coefficient (Wildman–Crippen LogP) is 2.36. The summed E-state index contributed by atoms with van der Waals surface area (Å²) in [6, 6.07) is 0. The van der Waals surface area contributed by atoms with Crippen molar-refractivity contribution >= 4 is 0 Å². The summed E-state index contributed by atoms with van der Waals surface area (Å²) in [6.45, 7) is 8.17. The second-order valence-electron chi connectivity index (χ2n) is 4.22. The highest BCUT2D eigenvalue weighted by Gasteiger charge is 2.31. The van der Waals surface area contributed by atoms with Crippen molar-refractivity contribution < 1.29 is 5.11 Å². The zero-order valence-electron chi connectivity index (χ0n) is 7.89. The Morgan fingerprint density at radius 1 is 1.45 bits per heavy atom. The van der Waals surface area contributed by atoms with Gasteiger partial charge in [-0.25, -0.2) is 0 Å². The lowest BCUT2D eigenvalue weighted by Crippen LogP contribution is -2.25. The van der Waals surface area contributed by atoms with Crippen LogP contribution < -0.4 is 0 Å². The fraction of sp³-hybridized carbons (Fsp3) is 0.800. The predicted molar refractivity (Wildman–Crippen MR) is 47.3 cm³/mol. The first kappa shape index (κ1) is 8.79. The molecule has 2 atom stereocenters. The van der Waals surface area contributed by atoms with Crippen LogP contribution in [0.4, 0.5) is 0 Å². The fourth-order valence-corrected chi connectivity index (χ4v) is 1.82. The molecule has 0 aromatic heterocycles. The third kappa shape index (κ3) is 1.64. The van der Waals surface area contributed by atoms with Crippen LogP contribution in [0.5, 0.6) is 0 Å². The lowest BCUT2D eigenvalue weighted by atomic mass is 9.86. The number of rotatable bonds is 1. The summed E-state index contributed by atoms with van der Waals surface area (Å²) in [4.78, 5) is 0. The van der Waals surface area contributed by atoms with Gasteiger partial charge in [0.1, 0.15) is 0 Å². The van der Waals surface area contributed by atoms with Gasteiger partial charge in [-0.3, -0.25) is 0 Å². The smallest absolute Gasteiger partial charge is 0.0803 e. The third-order valence-corrected chi connectivity index (χ3v) is 2.76. The van der Waals surface area contributed by atoms with Crippen molar-refractivity contribution in [2.75, 3.05) is 0 Å². The molecule has 1 aliphatic carbocycles. The molecule has 0 fully saturated rings. The van der Waals surface area contributed by atoms with Crippen molar-refractivity contribution in [1.29, 1.82) is 0 Å². The molecule has 0 aromatic carbocycles. The highest BCUT2D eigenvalue weighted by atomic mass is 16.3. The van der Waals surface area contributed by atoms with Gasteiger partial charge in [-0.05, 0) is 37.7 Å². The lowest BCUT2D eigenvalue weighted by Gasteiger charge is -2.25. The topological polar surface area (TPSA) is 20.2 Å². The van der Waals surface area contributed by atoms with Crippen molar-refractivity contribution in [2.45, 2.75) is 39.7 Å². The minimum absolute atomic E-state index is 0.551. The molecule has 1 N–H and O–H groups in total. The molecule has 0 saturated heterocycles. The van der Waals surface area contributed by atoms with Crippen LogP contribution in [0.1, 0.15) is 34.1 Å². The van der Waals surface area contributed by atoms with E-state index < -0.39 is 5.60 Å². The summed E-state index contributed by atoms with van der Waals surface area (Å²) in [5.41, 5.74) is 0.606. The van der Waals surface area contributed by atoms with Crippen LogP contribution in [0.25, 0.3) is 0 Å². The van der Waals surface area contributed by atoms with Crippen LogP contribution in [0, 0.1) is 11.8 Å². The molecule has 0 amide bonds. The Labute approximate surface area is 69.1 Å². The Morgan fingerprint density at radius 3 is 2.18 bits per heavy atom. The Balaban J connectivity index is 2.76. The molecule has 0 aliphatic heterocycles. The molecule has 0 aromatic rings. The highest BCUT2D eigenvalue weighted by molar-refractivity contribution is 5.22. The van der Waals surface area contributed by atoms with Gasteiger partial charge < -0.3 is 5.11 Å². The van der Waals surface area contributed by atoms with Crippen molar-refractivity contribution in [2.24, 2.45) is 11.8 Å². The van der Waals surface area contributed by atoms with Gasteiger partial charge in [0.05, 0.1) is 5.60 Å². The molecule has 0 unspecified atom stereocenters. The lowest BCUT2D eigenvalue weighted by molar-refractivity contribution is 0.107. The second kappa shape index (κ2) is 2.63. The Bertz CT molecular complexity index is 174. The Morgan fingerprint density at radius 2 is 2.00 bits per heavy atom. The zero-order valence-corrected chi connectivity index (χ0v) is 7.89. The van der Waals surface area contributed by atoms with E-state index in [1.54, 1.807) is 0 Å². The summed E-state index contributed by atoms with van der Waals surface area (Å²) in [7, 11) is 0. The third-order valence-electron chi connectivity index (χ3n) is 2.76. The molecular weight excluding hydrogens is 136 g/mol. The average molecular weight is 154 g/mol. The number of hydrogen-bond acceptors (Lipinski definition) is 1. The van der Waals surface area contributed by atoms with E-state index in [2.05, 4.69) is 19.9 Å². The number of aliphatic hydroxyl groups is 1. The highest BCUT2D eigenvalue weighted by Crippen LogP contribution is 2.36. The average Bonchev–Trinajstić information content (AvgIpc) is 2.11. The van der Waals surface area contributed by atoms with Crippen LogP contribution >= 0.6 is 0 Å². The van der Waals surface area contributed by atoms with Gasteiger partial charge in [0.15, 0.2) is 0 Å². The Kier molecular flexibility index (Phi) is 2.10. The molecule has 0 bridgehead atoms. The number of hydrogen-bond donors (Lipinski definition) is 1. The molecule has 64 valence electrons. The minimum atomic E-state index is -0.607. The normalized spacial score (nSPS) is 32.3. The van der Waals surface area contributed by atoms with Gasteiger partial charge in [-0.1, -0.05) is 19.9 Å². The van der Waals surface area contributed by atoms with Gasteiger partial charge in [-0.2, -0.15) is 0 Å². The maximum absolute atomic E-state index is 9.74. The summed E-state index contributed by atoms with van der Waals surface area (Å²) >= 11 is 0. The summed E-state index contributed by atoms with van der Waals surface area (Å²) in [6.07, 6.45) is 3.32. The van der Waals surface area contributed by atoms with Gasteiger partial charge in [-0.15, -0.1) is 0 Å². The van der Waals surface area contributed by atoms with Gasteiger partial charge in [0.25, 0.3) is 0 Å². The minimum Gasteiger partial charge on any atom is -0.386 e. The van der Waals surface area contributed by atoms with E-state index in [-0.39, 0.29) is 0 Å². The molecule has 0 heterocycles. The van der Waals surface area contributed by atoms with Crippen LogP contribution in [-0.2, 0) is 0 Å². The van der Waals surface area contributed by atoms with Gasteiger partial charge in [0, 0.05) is 0 Å². The van der Waals surface area contributed by atoms with Crippen LogP contribution in [0.3, 0.4) is 0 Å². The van der Waals surface area contributed by atoms with E-state index in [4.69, 9.17) is 0 Å². The molecule has 1 nitrogen and oxygen atoms in total. The number of allylic oxidation sites excluding steroid dienone is 1. The molecule has 1 aliphatic rings. The maximum atomic E-state index is 9.74. The first-order valence-corrected chi connectivity index (χ1v) is 4.36. The monoisotopic (exact) mass is 154 g/mol. The molecule has 0 saturated carbocycles. The maximum Gasteiger partial charge on any atom is 0.0803 e. The van der Waals surface area contributed by atoms with Crippen LogP contribution in [-0.4, -0.2) is 10.7 Å². The van der Waals surface area contributed by atoms with Crippen molar-refractivity contribution in [1.82, 2.24) is 0 Å². The van der Waals surface area contributed by atoms with E-state index in [1.165, 1.54) is 5.57 Å². The first-order valence-electron chi connectivity index (χ1n) is 4.36. The van der Waals surface area contributed by atoms with Crippen molar-refractivity contribution in [3.05, 3.63) is 11.6 Å². The SMILES string of the molecule is C[C@@H]1C(C(C)(C)O)=CC[C@@H]1C. The largest absolute Gasteiger partial charge is 0.386 e. The van der Waals surface area contributed by atoms with Crippen LogP contribution in [0.2, 0.25) is 0 Å². The Hall–Kier alpha value is -0.300. The molecule has 11 heavy (non-hydrogen) atoms. The molecular formula is C10H18O. The van der Waals surface area contributed by atoms with Gasteiger partial charge >= 0.3 is 0 Å². The zero-order chi connectivity index (χ0) is 8.65. The van der Waals surface area contributed by atoms with Crippen LogP contribution in [0.15, 0.2) is 11.6 Å². The summed E-state index contributed by atoms with van der Waals surface area (Å²) in [5.74, 6) is 1.26.